The molecule has 0 rings (SSSR count). The molecule has 0 saturated carbocycles. The summed E-state index contributed by atoms with van der Waals surface area (Å²) in [5.74, 6) is -0.524. The first-order valence-corrected chi connectivity index (χ1v) is 5.00. The van der Waals surface area contributed by atoms with Gasteiger partial charge in [-0.25, -0.2) is 18.4 Å². The fraction of sp³-hybridized carbons (Fsp3) is 0.800. The highest BCUT2D eigenvalue weighted by molar-refractivity contribution is 7.89. The number of nitrogens with two attached hydrogens (primary N) is 1. The van der Waals surface area contributed by atoms with Crippen LogP contribution in [0.3, 0.4) is 0 Å². The van der Waals surface area contributed by atoms with Crippen LogP contribution < -0.4 is 10.5 Å². The van der Waals surface area contributed by atoms with E-state index >= 15 is 0 Å². The van der Waals surface area contributed by atoms with Crippen molar-refractivity contribution >= 4 is 16.1 Å². The van der Waals surface area contributed by atoms with Crippen LogP contribution in [0.2, 0.25) is 0 Å². The molecule has 4 N–H and O–H groups in total. The van der Waals surface area contributed by atoms with Gasteiger partial charge in [0.25, 0.3) is 0 Å². The van der Waals surface area contributed by atoms with Crippen LogP contribution in [0.15, 0.2) is 0 Å². The molecule has 0 radical (unpaired) electrons. The smallest absolute Gasteiger partial charge is 0.404 e. The van der Waals surface area contributed by atoms with Gasteiger partial charge in [-0.3, -0.25) is 0 Å². The Morgan fingerprint density at radius 3 is 2.50 bits per heavy atom. The van der Waals surface area contributed by atoms with Gasteiger partial charge in [0.05, 0.1) is 5.75 Å². The number of hydrogen-bond donors (Lipinski definition) is 3. The van der Waals surface area contributed by atoms with Gasteiger partial charge in [-0.15, -0.1) is 0 Å². The average Bonchev–Trinajstić information content (AvgIpc) is 1.79. The summed E-state index contributed by atoms with van der Waals surface area (Å²) in [6, 6.07) is 0. The van der Waals surface area contributed by atoms with Gasteiger partial charge in [-0.1, -0.05) is 6.92 Å². The molecule has 0 saturated heterocycles. The van der Waals surface area contributed by atoms with Crippen molar-refractivity contribution in [2.24, 2.45) is 11.1 Å². The van der Waals surface area contributed by atoms with Gasteiger partial charge >= 0.3 is 6.09 Å². The summed E-state index contributed by atoms with van der Waals surface area (Å²) in [5, 5.41) is 15.0. The molecular formula is C5H12N2O4S. The maximum Gasteiger partial charge on any atom is 0.404 e. The SMILES string of the molecule is CC(CNC(=O)O)CS(N)(=O)=O. The molecule has 72 valence electrons. The maximum absolute atomic E-state index is 10.5. The highest BCUT2D eigenvalue weighted by Crippen LogP contribution is 1.95. The largest absolute Gasteiger partial charge is 0.465 e. The number of sulfonamides is 1. The molecule has 0 aliphatic rings. The molecule has 0 spiro atoms. The van der Waals surface area contributed by atoms with E-state index in [1.165, 1.54) is 0 Å². The minimum Gasteiger partial charge on any atom is -0.465 e. The molecule has 7 heteroatoms. The van der Waals surface area contributed by atoms with Crippen molar-refractivity contribution < 1.29 is 18.3 Å². The molecular weight excluding hydrogens is 184 g/mol. The van der Waals surface area contributed by atoms with Gasteiger partial charge in [-0.05, 0) is 5.92 Å². The van der Waals surface area contributed by atoms with Gasteiger partial charge in [-0.2, -0.15) is 0 Å². The van der Waals surface area contributed by atoms with Crippen molar-refractivity contribution in [2.75, 3.05) is 12.3 Å². The van der Waals surface area contributed by atoms with Crippen LogP contribution >= 0.6 is 0 Å². The van der Waals surface area contributed by atoms with Crippen LogP contribution in [0.25, 0.3) is 0 Å². The molecule has 1 unspecified atom stereocenters. The molecule has 0 fully saturated rings. The quantitative estimate of drug-likeness (QED) is 0.545. The molecule has 0 aliphatic heterocycles. The summed E-state index contributed by atoms with van der Waals surface area (Å²) in [6.45, 7) is 1.69. The van der Waals surface area contributed by atoms with Crippen LogP contribution in [0.4, 0.5) is 4.79 Å². The van der Waals surface area contributed by atoms with Crippen LogP contribution in [0, 0.1) is 5.92 Å². The zero-order chi connectivity index (χ0) is 9.78. The zero-order valence-electron chi connectivity index (χ0n) is 6.65. The van der Waals surface area contributed by atoms with E-state index in [9.17, 15) is 13.2 Å². The summed E-state index contributed by atoms with van der Waals surface area (Å²) >= 11 is 0. The Labute approximate surface area is 70.8 Å². The molecule has 1 amide bonds. The first kappa shape index (κ1) is 11.2. The van der Waals surface area contributed by atoms with E-state index in [1.807, 2.05) is 0 Å². The van der Waals surface area contributed by atoms with Crippen molar-refractivity contribution in [1.82, 2.24) is 5.32 Å². The fourth-order valence-electron chi connectivity index (χ4n) is 0.717. The lowest BCUT2D eigenvalue weighted by molar-refractivity contribution is 0.193. The van der Waals surface area contributed by atoms with Gasteiger partial charge in [0, 0.05) is 6.54 Å². The predicted molar refractivity (Wildman–Crippen MR) is 43.2 cm³/mol. The maximum atomic E-state index is 10.5. The molecule has 0 aromatic carbocycles. The van der Waals surface area contributed by atoms with Crippen molar-refractivity contribution in [2.45, 2.75) is 6.92 Å². The fourth-order valence-corrected chi connectivity index (χ4v) is 1.63. The van der Waals surface area contributed by atoms with E-state index in [1.54, 1.807) is 6.92 Å². The Morgan fingerprint density at radius 1 is 1.67 bits per heavy atom. The summed E-state index contributed by atoms with van der Waals surface area (Å²) in [7, 11) is -3.50. The highest BCUT2D eigenvalue weighted by Gasteiger charge is 2.11. The Balaban J connectivity index is 3.75. The van der Waals surface area contributed by atoms with Crippen molar-refractivity contribution in [1.29, 1.82) is 0 Å². The van der Waals surface area contributed by atoms with E-state index in [2.05, 4.69) is 5.32 Å². The summed E-state index contributed by atoms with van der Waals surface area (Å²) in [4.78, 5) is 9.98. The molecule has 0 heterocycles. The monoisotopic (exact) mass is 196 g/mol. The third-order valence-corrected chi connectivity index (χ3v) is 2.15. The number of hydrogen-bond acceptors (Lipinski definition) is 3. The molecule has 0 aliphatic carbocycles. The van der Waals surface area contributed by atoms with E-state index in [0.717, 1.165) is 0 Å². The first-order valence-electron chi connectivity index (χ1n) is 3.28. The Hall–Kier alpha value is -0.820. The second kappa shape index (κ2) is 4.27. The van der Waals surface area contributed by atoms with Crippen molar-refractivity contribution in [3.63, 3.8) is 0 Å². The molecule has 0 aromatic rings. The first-order chi connectivity index (χ1) is 5.31. The topological polar surface area (TPSA) is 109 Å². The third kappa shape index (κ3) is 7.29. The molecule has 0 aromatic heterocycles. The van der Waals surface area contributed by atoms with E-state index in [4.69, 9.17) is 10.2 Å². The van der Waals surface area contributed by atoms with Gasteiger partial charge in [0.1, 0.15) is 0 Å². The van der Waals surface area contributed by atoms with Crippen molar-refractivity contribution in [3.8, 4) is 0 Å². The zero-order valence-corrected chi connectivity index (χ0v) is 7.47. The number of nitrogens with one attached hydrogen (secondary N) is 1. The number of carboxylic acid groups (broad SMARTS) is 1. The number of primary sulfonamides is 1. The predicted octanol–water partition coefficient (Wildman–Crippen LogP) is -0.821. The van der Waals surface area contributed by atoms with Crippen LogP contribution in [-0.2, 0) is 10.0 Å². The Kier molecular flexibility index (Phi) is 3.98. The standard InChI is InChI=1S/C5H12N2O4S/c1-4(2-7-5(8)9)3-12(6,10)11/h4,7H,2-3H2,1H3,(H,8,9)(H2,6,10,11). The second-order valence-corrected chi connectivity index (χ2v) is 4.28. The summed E-state index contributed by atoms with van der Waals surface area (Å²) < 4.78 is 21.0. The van der Waals surface area contributed by atoms with Crippen molar-refractivity contribution in [3.05, 3.63) is 0 Å². The number of carbonyl (C=O) groups is 1. The normalized spacial score (nSPS) is 13.8. The molecule has 6 nitrogen and oxygen atoms in total. The molecule has 1 atom stereocenters. The van der Waals surface area contributed by atoms with Crippen LogP contribution in [-0.4, -0.2) is 31.9 Å². The van der Waals surface area contributed by atoms with E-state index in [-0.39, 0.29) is 18.2 Å². The second-order valence-electron chi connectivity index (χ2n) is 2.62. The number of rotatable bonds is 4. The molecule has 0 bridgehead atoms. The number of amides is 1. The minimum absolute atomic E-state index is 0.0891. The van der Waals surface area contributed by atoms with Gasteiger partial charge in [0.15, 0.2) is 0 Å². The average molecular weight is 196 g/mol. The molecule has 12 heavy (non-hydrogen) atoms. The lowest BCUT2D eigenvalue weighted by Crippen LogP contribution is -2.31. The summed E-state index contributed by atoms with van der Waals surface area (Å²) in [5.41, 5.74) is 0. The van der Waals surface area contributed by atoms with Gasteiger partial charge in [0.2, 0.25) is 10.0 Å². The van der Waals surface area contributed by atoms with Crippen LogP contribution in [0.5, 0.6) is 0 Å². The summed E-state index contributed by atoms with van der Waals surface area (Å²) in [6.07, 6.45) is -1.17. The van der Waals surface area contributed by atoms with Crippen LogP contribution in [0.1, 0.15) is 6.92 Å². The highest BCUT2D eigenvalue weighted by atomic mass is 32.2. The van der Waals surface area contributed by atoms with Gasteiger partial charge < -0.3 is 10.4 Å². The minimum atomic E-state index is -3.50. The van der Waals surface area contributed by atoms with E-state index in [0.29, 0.717) is 0 Å². The lowest BCUT2D eigenvalue weighted by atomic mass is 10.2. The van der Waals surface area contributed by atoms with E-state index < -0.39 is 16.1 Å². The third-order valence-electron chi connectivity index (χ3n) is 1.12. The Morgan fingerprint density at radius 2 is 2.17 bits per heavy atom. The lowest BCUT2D eigenvalue weighted by Gasteiger charge is -2.08. The Bertz CT molecular complexity index is 248.